The number of hydrogen-bond acceptors (Lipinski definition) is 2. The highest BCUT2D eigenvalue weighted by molar-refractivity contribution is 5.98. The molecule has 0 aliphatic heterocycles. The second kappa shape index (κ2) is 7.15. The van der Waals surface area contributed by atoms with Crippen LogP contribution in [0.4, 0.5) is 8.78 Å². The van der Waals surface area contributed by atoms with Crippen LogP contribution < -0.4 is 4.74 Å². The summed E-state index contributed by atoms with van der Waals surface area (Å²) in [6, 6.07) is 18.3. The van der Waals surface area contributed by atoms with E-state index < -0.39 is 0 Å². The number of H-pyrrole nitrogens is 2. The number of benzene rings is 3. The molecule has 0 atom stereocenters. The Labute approximate surface area is 171 Å². The molecule has 30 heavy (non-hydrogen) atoms. The average molecular weight is 401 g/mol. The molecular weight excluding hydrogens is 384 g/mol. The van der Waals surface area contributed by atoms with Crippen molar-refractivity contribution in [2.45, 2.75) is 0 Å². The summed E-state index contributed by atoms with van der Waals surface area (Å²) in [4.78, 5) is 11.3. The number of nitrogens with zero attached hydrogens (tertiary/aromatic N) is 1. The maximum atomic E-state index is 13.9. The predicted molar refractivity (Wildman–Crippen MR) is 113 cm³/mol. The van der Waals surface area contributed by atoms with Gasteiger partial charge in [-0.2, -0.15) is 0 Å². The smallest absolute Gasteiger partial charge is 0.138 e. The normalized spacial score (nSPS) is 11.2. The van der Waals surface area contributed by atoms with Crippen LogP contribution in [-0.2, 0) is 0 Å². The maximum Gasteiger partial charge on any atom is 0.138 e. The molecule has 2 N–H and O–H groups in total. The molecule has 0 aliphatic rings. The van der Waals surface area contributed by atoms with E-state index in [9.17, 15) is 8.78 Å². The first-order valence-electron chi connectivity index (χ1n) is 9.40. The highest BCUT2D eigenvalue weighted by Crippen LogP contribution is 2.37. The van der Waals surface area contributed by atoms with Gasteiger partial charge in [0.15, 0.2) is 0 Å². The van der Waals surface area contributed by atoms with Crippen molar-refractivity contribution >= 4 is 10.9 Å². The lowest BCUT2D eigenvalue weighted by Gasteiger charge is -2.04. The number of ether oxygens (including phenoxy) is 1. The van der Waals surface area contributed by atoms with Gasteiger partial charge in [0.2, 0.25) is 0 Å². The SMILES string of the molecule is COc1ccc(-c2nc(-c3ccc(F)cc3)[nH]c2-c2c[nH]c3ccc(F)cc23)cc1. The van der Waals surface area contributed by atoms with Gasteiger partial charge >= 0.3 is 0 Å². The first-order chi connectivity index (χ1) is 14.6. The number of halogens is 2. The molecular formula is C24H17F2N3O. The van der Waals surface area contributed by atoms with E-state index in [1.807, 2.05) is 30.5 Å². The molecule has 0 fully saturated rings. The zero-order valence-electron chi connectivity index (χ0n) is 16.0. The molecule has 4 nitrogen and oxygen atoms in total. The van der Waals surface area contributed by atoms with Crippen LogP contribution in [0.1, 0.15) is 0 Å². The predicted octanol–water partition coefficient (Wildman–Crippen LogP) is 6.18. The second-order valence-corrected chi connectivity index (χ2v) is 6.94. The van der Waals surface area contributed by atoms with Gasteiger partial charge in [-0.05, 0) is 66.7 Å². The van der Waals surface area contributed by atoms with Gasteiger partial charge in [-0.25, -0.2) is 13.8 Å². The molecule has 0 bridgehead atoms. The van der Waals surface area contributed by atoms with E-state index in [0.29, 0.717) is 11.5 Å². The number of hydrogen-bond donors (Lipinski definition) is 2. The number of nitrogens with one attached hydrogen (secondary N) is 2. The lowest BCUT2D eigenvalue weighted by Crippen LogP contribution is -1.85. The highest BCUT2D eigenvalue weighted by atomic mass is 19.1. The van der Waals surface area contributed by atoms with Crippen LogP contribution in [-0.4, -0.2) is 22.1 Å². The van der Waals surface area contributed by atoms with Crippen LogP contribution in [0.15, 0.2) is 72.9 Å². The fourth-order valence-corrected chi connectivity index (χ4v) is 3.57. The molecule has 0 spiro atoms. The van der Waals surface area contributed by atoms with E-state index >= 15 is 0 Å². The Morgan fingerprint density at radius 2 is 1.53 bits per heavy atom. The van der Waals surface area contributed by atoms with E-state index in [1.165, 1.54) is 24.3 Å². The lowest BCUT2D eigenvalue weighted by molar-refractivity contribution is 0.415. The van der Waals surface area contributed by atoms with Gasteiger partial charge in [0, 0.05) is 33.8 Å². The van der Waals surface area contributed by atoms with Crippen molar-refractivity contribution in [3.05, 3.63) is 84.6 Å². The van der Waals surface area contributed by atoms with Crippen LogP contribution in [0.25, 0.3) is 44.8 Å². The number of imidazole rings is 1. The molecule has 0 aliphatic carbocycles. The van der Waals surface area contributed by atoms with E-state index in [1.54, 1.807) is 25.3 Å². The molecule has 3 aromatic carbocycles. The van der Waals surface area contributed by atoms with Gasteiger partial charge in [-0.3, -0.25) is 0 Å². The number of fused-ring (bicyclic) bond motifs is 1. The van der Waals surface area contributed by atoms with Crippen molar-refractivity contribution in [1.82, 2.24) is 15.0 Å². The Bertz CT molecular complexity index is 1340. The van der Waals surface area contributed by atoms with Crippen molar-refractivity contribution in [3.8, 4) is 39.7 Å². The summed E-state index contributed by atoms with van der Waals surface area (Å²) < 4.78 is 32.6. The number of aromatic nitrogens is 3. The topological polar surface area (TPSA) is 53.7 Å². The van der Waals surface area contributed by atoms with E-state index in [-0.39, 0.29) is 11.6 Å². The number of methoxy groups -OCH3 is 1. The largest absolute Gasteiger partial charge is 0.497 e. The van der Waals surface area contributed by atoms with E-state index in [2.05, 4.69) is 9.97 Å². The van der Waals surface area contributed by atoms with Crippen molar-refractivity contribution in [1.29, 1.82) is 0 Å². The van der Waals surface area contributed by atoms with Crippen molar-refractivity contribution in [2.75, 3.05) is 7.11 Å². The number of aromatic amines is 2. The third kappa shape index (κ3) is 3.12. The molecule has 2 heterocycles. The quantitative estimate of drug-likeness (QED) is 0.378. The standard InChI is InChI=1S/C24H17F2N3O/c1-30-18-9-4-14(5-10-18)22-23(20-13-27-21-11-8-17(26)12-19(20)21)29-24(28-22)15-2-6-16(25)7-3-15/h2-13,27H,1H3,(H,28,29). The van der Waals surface area contributed by atoms with Crippen molar-refractivity contribution in [2.24, 2.45) is 0 Å². The van der Waals surface area contributed by atoms with Gasteiger partial charge in [-0.1, -0.05) is 0 Å². The van der Waals surface area contributed by atoms with Crippen LogP contribution in [0, 0.1) is 11.6 Å². The first-order valence-corrected chi connectivity index (χ1v) is 9.40. The summed E-state index contributed by atoms with van der Waals surface area (Å²) in [6.45, 7) is 0. The zero-order chi connectivity index (χ0) is 20.7. The molecule has 0 unspecified atom stereocenters. The Morgan fingerprint density at radius 1 is 0.833 bits per heavy atom. The monoisotopic (exact) mass is 401 g/mol. The summed E-state index contributed by atoms with van der Waals surface area (Å²) in [5.74, 6) is 0.714. The summed E-state index contributed by atoms with van der Waals surface area (Å²) in [7, 11) is 1.61. The molecule has 0 radical (unpaired) electrons. The first kappa shape index (κ1) is 18.1. The Morgan fingerprint density at radius 3 is 2.27 bits per heavy atom. The van der Waals surface area contributed by atoms with E-state index in [4.69, 9.17) is 9.72 Å². The molecule has 6 heteroatoms. The fourth-order valence-electron chi connectivity index (χ4n) is 3.57. The molecule has 5 rings (SSSR count). The van der Waals surface area contributed by atoms with Crippen LogP contribution in [0.5, 0.6) is 5.75 Å². The molecule has 0 saturated heterocycles. The van der Waals surface area contributed by atoms with Crippen LogP contribution in [0.3, 0.4) is 0 Å². The van der Waals surface area contributed by atoms with Gasteiger partial charge in [0.25, 0.3) is 0 Å². The Kier molecular flexibility index (Phi) is 4.32. The van der Waals surface area contributed by atoms with Crippen LogP contribution in [0.2, 0.25) is 0 Å². The third-order valence-electron chi connectivity index (χ3n) is 5.10. The zero-order valence-corrected chi connectivity index (χ0v) is 16.0. The lowest BCUT2D eigenvalue weighted by atomic mass is 10.0. The van der Waals surface area contributed by atoms with Gasteiger partial charge in [-0.15, -0.1) is 0 Å². The third-order valence-corrected chi connectivity index (χ3v) is 5.10. The minimum atomic E-state index is -0.312. The van der Waals surface area contributed by atoms with E-state index in [0.717, 1.165) is 39.0 Å². The maximum absolute atomic E-state index is 13.9. The number of rotatable bonds is 4. The Balaban J connectivity index is 1.73. The summed E-state index contributed by atoms with van der Waals surface area (Å²) in [5.41, 5.74) is 4.71. The molecule has 5 aromatic rings. The Hall–Kier alpha value is -3.93. The molecule has 0 saturated carbocycles. The average Bonchev–Trinajstić information content (AvgIpc) is 3.38. The molecule has 2 aromatic heterocycles. The van der Waals surface area contributed by atoms with Gasteiger partial charge in [0.1, 0.15) is 23.2 Å². The highest BCUT2D eigenvalue weighted by Gasteiger charge is 2.18. The minimum absolute atomic E-state index is 0.312. The minimum Gasteiger partial charge on any atom is -0.497 e. The van der Waals surface area contributed by atoms with Crippen molar-refractivity contribution < 1.29 is 13.5 Å². The van der Waals surface area contributed by atoms with Gasteiger partial charge in [0.05, 0.1) is 18.5 Å². The van der Waals surface area contributed by atoms with Crippen molar-refractivity contribution in [3.63, 3.8) is 0 Å². The van der Waals surface area contributed by atoms with Crippen LogP contribution >= 0.6 is 0 Å². The fraction of sp³-hybridized carbons (Fsp3) is 0.0417. The summed E-state index contributed by atoms with van der Waals surface area (Å²) in [6.07, 6.45) is 1.83. The summed E-state index contributed by atoms with van der Waals surface area (Å²) in [5, 5.41) is 0.749. The second-order valence-electron chi connectivity index (χ2n) is 6.94. The molecule has 148 valence electrons. The summed E-state index contributed by atoms with van der Waals surface area (Å²) >= 11 is 0. The molecule has 0 amide bonds. The van der Waals surface area contributed by atoms with Gasteiger partial charge < -0.3 is 14.7 Å².